The Morgan fingerprint density at radius 1 is 1.00 bits per heavy atom. The van der Waals surface area contributed by atoms with Crippen molar-refractivity contribution in [1.82, 2.24) is 0 Å². The van der Waals surface area contributed by atoms with Crippen LogP contribution in [0.15, 0.2) is 58.7 Å². The third kappa shape index (κ3) is 4.85. The summed E-state index contributed by atoms with van der Waals surface area (Å²) < 4.78 is 10.3. The highest BCUT2D eigenvalue weighted by Crippen LogP contribution is 2.16. The number of hydrogen-bond donors (Lipinski definition) is 2. The van der Waals surface area contributed by atoms with Gasteiger partial charge in [0, 0.05) is 0 Å². The van der Waals surface area contributed by atoms with Crippen LogP contribution < -0.4 is 20.9 Å². The van der Waals surface area contributed by atoms with Crippen LogP contribution in [0.4, 0.5) is 0 Å². The Morgan fingerprint density at radius 2 is 1.61 bits per heavy atom. The van der Waals surface area contributed by atoms with Gasteiger partial charge >= 0.3 is 5.97 Å². The van der Waals surface area contributed by atoms with Crippen LogP contribution in [0.3, 0.4) is 0 Å². The number of guanidine groups is 1. The van der Waals surface area contributed by atoms with E-state index in [0.29, 0.717) is 17.1 Å². The fourth-order valence-corrected chi connectivity index (χ4v) is 1.68. The van der Waals surface area contributed by atoms with Crippen molar-refractivity contribution < 1.29 is 14.3 Å². The Morgan fingerprint density at radius 3 is 2.17 bits per heavy atom. The van der Waals surface area contributed by atoms with Gasteiger partial charge in [-0.3, -0.25) is 0 Å². The van der Waals surface area contributed by atoms with E-state index in [0.717, 1.165) is 5.56 Å². The zero-order valence-corrected chi connectivity index (χ0v) is 12.5. The van der Waals surface area contributed by atoms with E-state index in [1.807, 2.05) is 0 Å². The molecular weight excluding hydrogens is 296 g/mol. The molecule has 0 amide bonds. The van der Waals surface area contributed by atoms with E-state index < -0.39 is 5.97 Å². The van der Waals surface area contributed by atoms with Crippen molar-refractivity contribution >= 4 is 18.1 Å². The molecule has 0 heterocycles. The number of hydrogen-bond acceptors (Lipinski definition) is 5. The monoisotopic (exact) mass is 312 g/mol. The molecular formula is C16H16N4O3. The van der Waals surface area contributed by atoms with E-state index in [2.05, 4.69) is 10.2 Å². The van der Waals surface area contributed by atoms with Gasteiger partial charge in [0.1, 0.15) is 11.5 Å². The fourth-order valence-electron chi connectivity index (χ4n) is 1.68. The largest absolute Gasteiger partial charge is 0.497 e. The quantitative estimate of drug-likeness (QED) is 0.286. The zero-order chi connectivity index (χ0) is 16.7. The number of esters is 1. The molecule has 0 radical (unpaired) electrons. The molecule has 0 atom stereocenters. The summed E-state index contributed by atoms with van der Waals surface area (Å²) in [6.07, 6.45) is 1.48. The van der Waals surface area contributed by atoms with E-state index in [1.54, 1.807) is 55.6 Å². The molecule has 4 N–H and O–H groups in total. The molecule has 0 bridgehead atoms. The smallest absolute Gasteiger partial charge is 0.343 e. The lowest BCUT2D eigenvalue weighted by Crippen LogP contribution is -2.21. The van der Waals surface area contributed by atoms with Crippen molar-refractivity contribution in [3.63, 3.8) is 0 Å². The van der Waals surface area contributed by atoms with Crippen molar-refractivity contribution in [2.45, 2.75) is 0 Å². The van der Waals surface area contributed by atoms with Crippen LogP contribution >= 0.6 is 0 Å². The number of methoxy groups -OCH3 is 1. The van der Waals surface area contributed by atoms with Crippen LogP contribution in [0.25, 0.3) is 0 Å². The molecule has 7 heteroatoms. The van der Waals surface area contributed by atoms with Gasteiger partial charge in [0.2, 0.25) is 5.96 Å². The first-order valence-corrected chi connectivity index (χ1v) is 6.67. The molecule has 0 unspecified atom stereocenters. The number of nitrogens with two attached hydrogens (primary N) is 2. The van der Waals surface area contributed by atoms with Gasteiger partial charge in [-0.05, 0) is 54.1 Å². The minimum absolute atomic E-state index is 0.119. The SMILES string of the molecule is COc1ccc(C(=O)Oc2ccc(C=NN=C(N)N)cc2)cc1. The summed E-state index contributed by atoms with van der Waals surface area (Å²) in [7, 11) is 1.56. The molecule has 23 heavy (non-hydrogen) atoms. The first-order chi connectivity index (χ1) is 11.1. The van der Waals surface area contributed by atoms with Gasteiger partial charge in [-0.25, -0.2) is 4.79 Å². The number of carbonyl (C=O) groups excluding carboxylic acids is 1. The van der Waals surface area contributed by atoms with Gasteiger partial charge < -0.3 is 20.9 Å². The summed E-state index contributed by atoms with van der Waals surface area (Å²) in [5, 5.41) is 7.18. The first kappa shape index (κ1) is 16.0. The van der Waals surface area contributed by atoms with Gasteiger partial charge in [0.15, 0.2) is 0 Å². The van der Waals surface area contributed by atoms with E-state index in [-0.39, 0.29) is 5.96 Å². The third-order valence-electron chi connectivity index (χ3n) is 2.80. The molecule has 7 nitrogen and oxygen atoms in total. The lowest BCUT2D eigenvalue weighted by atomic mass is 10.2. The Labute approximate surface area is 133 Å². The van der Waals surface area contributed by atoms with Crippen LogP contribution in [0.1, 0.15) is 15.9 Å². The first-order valence-electron chi connectivity index (χ1n) is 6.67. The minimum Gasteiger partial charge on any atom is -0.497 e. The topological polar surface area (TPSA) is 112 Å². The van der Waals surface area contributed by atoms with Crippen LogP contribution in [0, 0.1) is 0 Å². The summed E-state index contributed by atoms with van der Waals surface area (Å²) in [6, 6.07) is 13.4. The summed E-state index contributed by atoms with van der Waals surface area (Å²) in [5.74, 6) is 0.525. The Hall–Kier alpha value is -3.35. The minimum atomic E-state index is -0.449. The van der Waals surface area contributed by atoms with E-state index >= 15 is 0 Å². The normalized spacial score (nSPS) is 10.3. The van der Waals surface area contributed by atoms with Gasteiger partial charge in [-0.15, -0.1) is 5.10 Å². The highest BCUT2D eigenvalue weighted by atomic mass is 16.5. The number of benzene rings is 2. The number of rotatable bonds is 5. The predicted molar refractivity (Wildman–Crippen MR) is 87.8 cm³/mol. The van der Waals surface area contributed by atoms with E-state index in [4.69, 9.17) is 20.9 Å². The second kappa shape index (κ2) is 7.60. The number of nitrogens with zero attached hydrogens (tertiary/aromatic N) is 2. The van der Waals surface area contributed by atoms with Gasteiger partial charge in [0.05, 0.1) is 18.9 Å². The van der Waals surface area contributed by atoms with Crippen LogP contribution in [-0.4, -0.2) is 25.3 Å². The predicted octanol–water partition coefficient (Wildman–Crippen LogP) is 1.52. The van der Waals surface area contributed by atoms with Crippen molar-refractivity contribution in [1.29, 1.82) is 0 Å². The maximum absolute atomic E-state index is 12.0. The van der Waals surface area contributed by atoms with E-state index in [1.165, 1.54) is 6.21 Å². The Bertz CT molecular complexity index is 718. The molecule has 0 aliphatic rings. The van der Waals surface area contributed by atoms with Gasteiger partial charge in [0.25, 0.3) is 0 Å². The van der Waals surface area contributed by atoms with Crippen molar-refractivity contribution in [2.75, 3.05) is 7.11 Å². The molecule has 0 spiro atoms. The van der Waals surface area contributed by atoms with Crippen LogP contribution in [-0.2, 0) is 0 Å². The van der Waals surface area contributed by atoms with Crippen molar-refractivity contribution in [2.24, 2.45) is 21.7 Å². The lowest BCUT2D eigenvalue weighted by Gasteiger charge is -2.05. The zero-order valence-electron chi connectivity index (χ0n) is 12.5. The van der Waals surface area contributed by atoms with E-state index in [9.17, 15) is 4.79 Å². The van der Waals surface area contributed by atoms with Gasteiger partial charge in [-0.1, -0.05) is 0 Å². The molecule has 2 rings (SSSR count). The van der Waals surface area contributed by atoms with Gasteiger partial charge in [-0.2, -0.15) is 5.10 Å². The number of carbonyl (C=O) groups is 1. The standard InChI is InChI=1S/C16H16N4O3/c1-22-13-8-4-12(5-9-13)15(21)23-14-6-2-11(3-7-14)10-19-20-16(17)18/h2-10H,1H3,(H4,17,18,20). The highest BCUT2D eigenvalue weighted by Gasteiger charge is 2.08. The summed E-state index contributed by atoms with van der Waals surface area (Å²) in [5.41, 5.74) is 11.5. The summed E-state index contributed by atoms with van der Waals surface area (Å²) >= 11 is 0. The molecule has 0 saturated heterocycles. The molecule has 0 aliphatic heterocycles. The van der Waals surface area contributed by atoms with Crippen LogP contribution in [0.5, 0.6) is 11.5 Å². The third-order valence-corrected chi connectivity index (χ3v) is 2.80. The summed E-state index contributed by atoms with van der Waals surface area (Å²) in [4.78, 5) is 12.0. The van der Waals surface area contributed by atoms with Crippen LogP contribution in [0.2, 0.25) is 0 Å². The number of ether oxygens (including phenoxy) is 2. The molecule has 0 aromatic heterocycles. The van der Waals surface area contributed by atoms with Crippen molar-refractivity contribution in [3.05, 3.63) is 59.7 Å². The maximum Gasteiger partial charge on any atom is 0.343 e. The molecule has 0 aliphatic carbocycles. The average molecular weight is 312 g/mol. The fraction of sp³-hybridized carbons (Fsp3) is 0.0625. The highest BCUT2D eigenvalue weighted by molar-refractivity contribution is 5.91. The second-order valence-electron chi connectivity index (χ2n) is 4.46. The molecule has 2 aromatic rings. The average Bonchev–Trinajstić information content (AvgIpc) is 2.56. The summed E-state index contributed by atoms with van der Waals surface area (Å²) in [6.45, 7) is 0. The molecule has 0 fully saturated rings. The molecule has 0 saturated carbocycles. The Kier molecular flexibility index (Phi) is 5.30. The Balaban J connectivity index is 2.01. The van der Waals surface area contributed by atoms with Crippen molar-refractivity contribution in [3.8, 4) is 11.5 Å². The lowest BCUT2D eigenvalue weighted by molar-refractivity contribution is 0.0734. The maximum atomic E-state index is 12.0. The second-order valence-corrected chi connectivity index (χ2v) is 4.46. The molecule has 118 valence electrons. The molecule has 2 aromatic carbocycles.